The summed E-state index contributed by atoms with van der Waals surface area (Å²) in [5.74, 6) is 0.777. The van der Waals surface area contributed by atoms with Gasteiger partial charge < -0.3 is 9.80 Å². The van der Waals surface area contributed by atoms with Crippen molar-refractivity contribution in [2.75, 3.05) is 31.1 Å². The monoisotopic (exact) mass is 307 g/mol. The first-order valence-electron chi connectivity index (χ1n) is 7.50. The van der Waals surface area contributed by atoms with Crippen molar-refractivity contribution in [1.82, 2.24) is 14.9 Å². The highest BCUT2D eigenvalue weighted by Crippen LogP contribution is 2.25. The summed E-state index contributed by atoms with van der Waals surface area (Å²) < 4.78 is 0. The number of rotatable bonds is 2. The number of carbonyl (C=O) groups is 1. The molecule has 3 rings (SSSR count). The van der Waals surface area contributed by atoms with Crippen molar-refractivity contribution in [1.29, 1.82) is 5.26 Å². The van der Waals surface area contributed by atoms with Crippen LogP contribution in [0.25, 0.3) is 11.1 Å². The van der Waals surface area contributed by atoms with Crippen LogP contribution >= 0.6 is 0 Å². The minimum Gasteiger partial charge on any atom is -0.352 e. The van der Waals surface area contributed by atoms with Crippen LogP contribution in [0.4, 0.5) is 5.82 Å². The minimum absolute atomic E-state index is 0.0890. The van der Waals surface area contributed by atoms with E-state index < -0.39 is 0 Å². The largest absolute Gasteiger partial charge is 0.352 e. The fourth-order valence-electron chi connectivity index (χ4n) is 2.73. The van der Waals surface area contributed by atoms with Gasteiger partial charge in [0.15, 0.2) is 0 Å². The summed E-state index contributed by atoms with van der Waals surface area (Å²) in [5.41, 5.74) is 2.43. The molecule has 3 heterocycles. The summed E-state index contributed by atoms with van der Waals surface area (Å²) in [5, 5.41) is 9.47. The van der Waals surface area contributed by atoms with E-state index in [1.54, 1.807) is 25.5 Å². The van der Waals surface area contributed by atoms with Gasteiger partial charge in [-0.15, -0.1) is 0 Å². The van der Waals surface area contributed by atoms with Gasteiger partial charge in [0.2, 0.25) is 5.91 Å². The predicted octanol–water partition coefficient (Wildman–Crippen LogP) is 1.68. The van der Waals surface area contributed by atoms with Crippen molar-refractivity contribution in [3.05, 3.63) is 42.4 Å². The number of nitriles is 1. The summed E-state index contributed by atoms with van der Waals surface area (Å²) in [6, 6.07) is 7.88. The highest BCUT2D eigenvalue weighted by molar-refractivity contribution is 5.74. The lowest BCUT2D eigenvalue weighted by molar-refractivity contribution is -0.129. The molecular formula is C17H17N5O. The fourth-order valence-corrected chi connectivity index (χ4v) is 2.73. The second-order valence-electron chi connectivity index (χ2n) is 5.44. The highest BCUT2D eigenvalue weighted by atomic mass is 16.2. The molecule has 0 N–H and O–H groups in total. The van der Waals surface area contributed by atoms with Gasteiger partial charge in [-0.3, -0.25) is 9.78 Å². The van der Waals surface area contributed by atoms with E-state index in [4.69, 9.17) is 0 Å². The third-order valence-corrected chi connectivity index (χ3v) is 4.03. The molecule has 0 aliphatic carbocycles. The van der Waals surface area contributed by atoms with E-state index in [1.807, 2.05) is 23.1 Å². The summed E-state index contributed by atoms with van der Waals surface area (Å²) in [6.45, 7) is 4.28. The van der Waals surface area contributed by atoms with E-state index in [0.717, 1.165) is 11.1 Å². The molecule has 0 bridgehead atoms. The van der Waals surface area contributed by atoms with Crippen molar-refractivity contribution in [3.63, 3.8) is 0 Å². The molecule has 0 radical (unpaired) electrons. The first kappa shape index (κ1) is 15.0. The molecule has 1 saturated heterocycles. The van der Waals surface area contributed by atoms with Crippen molar-refractivity contribution in [2.45, 2.75) is 6.92 Å². The van der Waals surface area contributed by atoms with Crippen LogP contribution in [0.3, 0.4) is 0 Å². The van der Waals surface area contributed by atoms with Crippen molar-refractivity contribution >= 4 is 11.7 Å². The molecule has 1 aliphatic heterocycles. The van der Waals surface area contributed by atoms with Gasteiger partial charge in [-0.2, -0.15) is 5.26 Å². The molecule has 1 fully saturated rings. The SMILES string of the molecule is CC(=O)N1CCN(c2ncc(-c3ccncc3)cc2C#N)CC1. The Morgan fingerprint density at radius 2 is 1.87 bits per heavy atom. The number of carbonyl (C=O) groups excluding carboxylic acids is 1. The predicted molar refractivity (Wildman–Crippen MR) is 86.7 cm³/mol. The molecule has 6 nitrogen and oxygen atoms in total. The Balaban J connectivity index is 1.84. The van der Waals surface area contributed by atoms with Crippen LogP contribution in [0.15, 0.2) is 36.8 Å². The van der Waals surface area contributed by atoms with Gasteiger partial charge in [0.25, 0.3) is 0 Å². The number of pyridine rings is 2. The number of anilines is 1. The summed E-state index contributed by atoms with van der Waals surface area (Å²) in [4.78, 5) is 23.8. The zero-order valence-corrected chi connectivity index (χ0v) is 12.9. The van der Waals surface area contributed by atoms with E-state index in [-0.39, 0.29) is 5.91 Å². The highest BCUT2D eigenvalue weighted by Gasteiger charge is 2.21. The second-order valence-corrected chi connectivity index (χ2v) is 5.44. The molecule has 0 aromatic carbocycles. The lowest BCUT2D eigenvalue weighted by atomic mass is 10.1. The zero-order valence-electron chi connectivity index (χ0n) is 12.9. The fraction of sp³-hybridized carbons (Fsp3) is 0.294. The first-order chi connectivity index (χ1) is 11.2. The average molecular weight is 307 g/mol. The molecule has 2 aromatic heterocycles. The Kier molecular flexibility index (Phi) is 4.20. The number of nitrogens with zero attached hydrogens (tertiary/aromatic N) is 5. The molecule has 6 heteroatoms. The topological polar surface area (TPSA) is 73.1 Å². The number of aromatic nitrogens is 2. The minimum atomic E-state index is 0.0890. The van der Waals surface area contributed by atoms with Crippen LogP contribution < -0.4 is 4.90 Å². The average Bonchev–Trinajstić information content (AvgIpc) is 2.62. The molecular weight excluding hydrogens is 290 g/mol. The third kappa shape index (κ3) is 3.14. The Bertz CT molecular complexity index is 745. The lowest BCUT2D eigenvalue weighted by Crippen LogP contribution is -2.48. The van der Waals surface area contributed by atoms with Crippen molar-refractivity contribution < 1.29 is 4.79 Å². The summed E-state index contributed by atoms with van der Waals surface area (Å²) in [7, 11) is 0. The van der Waals surface area contributed by atoms with E-state index in [9.17, 15) is 10.1 Å². The normalized spacial score (nSPS) is 14.4. The molecule has 0 spiro atoms. The Morgan fingerprint density at radius 3 is 2.48 bits per heavy atom. The first-order valence-corrected chi connectivity index (χ1v) is 7.50. The number of hydrogen-bond acceptors (Lipinski definition) is 5. The summed E-state index contributed by atoms with van der Waals surface area (Å²) >= 11 is 0. The van der Waals surface area contributed by atoms with Gasteiger partial charge in [0.1, 0.15) is 11.9 Å². The molecule has 116 valence electrons. The number of hydrogen-bond donors (Lipinski definition) is 0. The zero-order chi connectivity index (χ0) is 16.2. The number of piperazine rings is 1. The number of amides is 1. The van der Waals surface area contributed by atoms with Crippen LogP contribution in [0.5, 0.6) is 0 Å². The molecule has 0 saturated carbocycles. The van der Waals surface area contributed by atoms with Gasteiger partial charge in [-0.25, -0.2) is 4.98 Å². The molecule has 1 amide bonds. The molecule has 2 aromatic rings. The third-order valence-electron chi connectivity index (χ3n) is 4.03. The Labute approximate surface area is 135 Å². The van der Waals surface area contributed by atoms with Crippen LogP contribution in [0, 0.1) is 11.3 Å². The van der Waals surface area contributed by atoms with E-state index in [1.165, 1.54) is 0 Å². The standard InChI is InChI=1S/C17H17N5O/c1-13(23)21-6-8-22(9-7-21)17-15(11-18)10-16(12-20-17)14-2-4-19-5-3-14/h2-5,10,12H,6-9H2,1H3. The van der Waals surface area contributed by atoms with Crippen molar-refractivity contribution in [2.24, 2.45) is 0 Å². The van der Waals surface area contributed by atoms with Crippen LogP contribution in [-0.4, -0.2) is 47.0 Å². The van der Waals surface area contributed by atoms with Gasteiger partial charge in [-0.1, -0.05) is 0 Å². The maximum absolute atomic E-state index is 11.4. The van der Waals surface area contributed by atoms with Gasteiger partial charge in [0, 0.05) is 57.3 Å². The van der Waals surface area contributed by atoms with Crippen LogP contribution in [0.1, 0.15) is 12.5 Å². The summed E-state index contributed by atoms with van der Waals surface area (Å²) in [6.07, 6.45) is 5.22. The van der Waals surface area contributed by atoms with E-state index >= 15 is 0 Å². The Hall–Kier alpha value is -2.94. The Morgan fingerprint density at radius 1 is 1.17 bits per heavy atom. The molecule has 1 aliphatic rings. The molecule has 0 atom stereocenters. The molecule has 0 unspecified atom stereocenters. The quantitative estimate of drug-likeness (QED) is 0.844. The van der Waals surface area contributed by atoms with Gasteiger partial charge >= 0.3 is 0 Å². The second kappa shape index (κ2) is 6.44. The smallest absolute Gasteiger partial charge is 0.219 e. The lowest BCUT2D eigenvalue weighted by Gasteiger charge is -2.35. The maximum atomic E-state index is 11.4. The van der Waals surface area contributed by atoms with E-state index in [2.05, 4.69) is 20.9 Å². The maximum Gasteiger partial charge on any atom is 0.219 e. The molecule has 23 heavy (non-hydrogen) atoms. The van der Waals surface area contributed by atoms with Gasteiger partial charge in [-0.05, 0) is 23.8 Å². The van der Waals surface area contributed by atoms with Crippen molar-refractivity contribution in [3.8, 4) is 17.2 Å². The van der Waals surface area contributed by atoms with Crippen LogP contribution in [0.2, 0.25) is 0 Å². The van der Waals surface area contributed by atoms with E-state index in [0.29, 0.717) is 37.6 Å². The van der Waals surface area contributed by atoms with Crippen LogP contribution in [-0.2, 0) is 4.79 Å². The van der Waals surface area contributed by atoms with Gasteiger partial charge in [0.05, 0.1) is 5.56 Å².